The van der Waals surface area contributed by atoms with Crippen molar-refractivity contribution in [3.8, 4) is 0 Å². The summed E-state index contributed by atoms with van der Waals surface area (Å²) in [4.78, 5) is 20.4. The molecular formula is C19H25N3O. The third kappa shape index (κ3) is 3.88. The van der Waals surface area contributed by atoms with E-state index < -0.39 is 0 Å². The molecule has 4 heteroatoms. The molecule has 0 saturated carbocycles. The largest absolute Gasteiger partial charge is 0.348 e. The van der Waals surface area contributed by atoms with Gasteiger partial charge in [0.15, 0.2) is 0 Å². The Balaban J connectivity index is 1.68. The smallest absolute Gasteiger partial charge is 0.236 e. The van der Waals surface area contributed by atoms with Crippen LogP contribution in [0, 0.1) is 5.92 Å². The quantitative estimate of drug-likeness (QED) is 0.871. The number of benzene rings is 1. The molecule has 3 rings (SSSR count). The Morgan fingerprint density at radius 2 is 2.17 bits per heavy atom. The van der Waals surface area contributed by atoms with Gasteiger partial charge in [-0.05, 0) is 49.4 Å². The van der Waals surface area contributed by atoms with Gasteiger partial charge in [-0.25, -0.2) is 0 Å². The van der Waals surface area contributed by atoms with Gasteiger partial charge >= 0.3 is 0 Å². The first-order chi connectivity index (χ1) is 11.1. The lowest BCUT2D eigenvalue weighted by atomic mass is 9.90. The molecule has 1 aromatic heterocycles. The molecule has 0 aliphatic carbocycles. The summed E-state index contributed by atoms with van der Waals surface area (Å²) in [5, 5.41) is 1.26. The van der Waals surface area contributed by atoms with Crippen LogP contribution in [-0.4, -0.2) is 54.4 Å². The normalized spacial score (nSPS) is 19.0. The van der Waals surface area contributed by atoms with E-state index in [4.69, 9.17) is 0 Å². The van der Waals surface area contributed by atoms with Crippen LogP contribution >= 0.6 is 0 Å². The standard InChI is InChI=1S/C19H25N3O/c1-21(2)19(23)14-22-11-5-6-15(13-22)12-16-7-3-9-18-17(16)8-4-10-20-18/h3-4,7-10,15H,5-6,11-14H2,1-2H3/t15-/m1/s1. The van der Waals surface area contributed by atoms with Crippen molar-refractivity contribution in [3.05, 3.63) is 42.1 Å². The number of rotatable bonds is 4. The Morgan fingerprint density at radius 3 is 3.00 bits per heavy atom. The lowest BCUT2D eigenvalue weighted by Crippen LogP contribution is -2.42. The van der Waals surface area contributed by atoms with E-state index in [1.807, 2.05) is 26.4 Å². The predicted molar refractivity (Wildman–Crippen MR) is 93.3 cm³/mol. The molecule has 0 spiro atoms. The first-order valence-corrected chi connectivity index (χ1v) is 8.38. The lowest BCUT2D eigenvalue weighted by Gasteiger charge is -2.33. The summed E-state index contributed by atoms with van der Waals surface area (Å²) in [7, 11) is 3.65. The van der Waals surface area contributed by atoms with Gasteiger partial charge in [0, 0.05) is 32.2 Å². The van der Waals surface area contributed by atoms with Crippen LogP contribution in [0.2, 0.25) is 0 Å². The van der Waals surface area contributed by atoms with Gasteiger partial charge in [0.2, 0.25) is 5.91 Å². The van der Waals surface area contributed by atoms with Gasteiger partial charge in [0.05, 0.1) is 12.1 Å². The molecule has 0 unspecified atom stereocenters. The Labute approximate surface area is 138 Å². The van der Waals surface area contributed by atoms with Gasteiger partial charge < -0.3 is 4.90 Å². The van der Waals surface area contributed by atoms with E-state index in [2.05, 4.69) is 34.1 Å². The van der Waals surface area contributed by atoms with Gasteiger partial charge in [0.1, 0.15) is 0 Å². The van der Waals surface area contributed by atoms with Crippen LogP contribution in [-0.2, 0) is 11.2 Å². The van der Waals surface area contributed by atoms with Gasteiger partial charge in [-0.2, -0.15) is 0 Å². The molecule has 0 bridgehead atoms. The van der Waals surface area contributed by atoms with Crippen LogP contribution < -0.4 is 0 Å². The van der Waals surface area contributed by atoms with Crippen molar-refractivity contribution in [2.75, 3.05) is 33.7 Å². The van der Waals surface area contributed by atoms with Crippen LogP contribution in [0.25, 0.3) is 10.9 Å². The van der Waals surface area contributed by atoms with E-state index in [1.54, 1.807) is 4.90 Å². The number of hydrogen-bond donors (Lipinski definition) is 0. The summed E-state index contributed by atoms with van der Waals surface area (Å²) in [6.45, 7) is 2.59. The SMILES string of the molecule is CN(C)C(=O)CN1CCC[C@H](Cc2cccc3ncccc23)C1. The maximum atomic E-state index is 11.9. The third-order valence-electron chi connectivity index (χ3n) is 4.71. The molecule has 1 amide bonds. The first kappa shape index (κ1) is 15.9. The van der Waals surface area contributed by atoms with E-state index in [-0.39, 0.29) is 5.91 Å². The second kappa shape index (κ2) is 7.09. The molecule has 23 heavy (non-hydrogen) atoms. The minimum atomic E-state index is 0.194. The summed E-state index contributed by atoms with van der Waals surface area (Å²) in [5.74, 6) is 0.810. The van der Waals surface area contributed by atoms with Gasteiger partial charge in [-0.1, -0.05) is 18.2 Å². The van der Waals surface area contributed by atoms with Crippen molar-refractivity contribution in [1.82, 2.24) is 14.8 Å². The molecule has 1 aliphatic rings. The fourth-order valence-electron chi connectivity index (χ4n) is 3.45. The molecule has 1 fully saturated rings. The first-order valence-electron chi connectivity index (χ1n) is 8.38. The molecule has 4 nitrogen and oxygen atoms in total. The van der Waals surface area contributed by atoms with Crippen molar-refractivity contribution in [3.63, 3.8) is 0 Å². The van der Waals surface area contributed by atoms with Crippen molar-refractivity contribution in [1.29, 1.82) is 0 Å². The number of nitrogens with zero attached hydrogens (tertiary/aromatic N) is 3. The molecular weight excluding hydrogens is 286 g/mol. The highest BCUT2D eigenvalue weighted by Crippen LogP contribution is 2.24. The van der Waals surface area contributed by atoms with E-state index in [1.165, 1.54) is 23.8 Å². The monoisotopic (exact) mass is 311 g/mol. The molecule has 0 N–H and O–H groups in total. The molecule has 1 atom stereocenters. The van der Waals surface area contributed by atoms with Gasteiger partial charge in [-0.3, -0.25) is 14.7 Å². The number of hydrogen-bond acceptors (Lipinski definition) is 3. The maximum Gasteiger partial charge on any atom is 0.236 e. The van der Waals surface area contributed by atoms with E-state index >= 15 is 0 Å². The molecule has 1 aromatic carbocycles. The summed E-state index contributed by atoms with van der Waals surface area (Å²) in [6, 6.07) is 10.6. The Bertz CT molecular complexity index is 678. The molecule has 122 valence electrons. The van der Waals surface area contributed by atoms with E-state index in [0.29, 0.717) is 12.5 Å². The van der Waals surface area contributed by atoms with Crippen LogP contribution in [0.1, 0.15) is 18.4 Å². The van der Waals surface area contributed by atoms with Crippen LogP contribution in [0.5, 0.6) is 0 Å². The minimum Gasteiger partial charge on any atom is -0.348 e. The van der Waals surface area contributed by atoms with Gasteiger partial charge in [-0.15, -0.1) is 0 Å². The maximum absolute atomic E-state index is 11.9. The number of amides is 1. The fraction of sp³-hybridized carbons (Fsp3) is 0.474. The number of carbonyl (C=O) groups is 1. The summed E-state index contributed by atoms with van der Waals surface area (Å²) in [5.41, 5.74) is 2.45. The van der Waals surface area contributed by atoms with Gasteiger partial charge in [0.25, 0.3) is 0 Å². The average molecular weight is 311 g/mol. The molecule has 1 saturated heterocycles. The fourth-order valence-corrected chi connectivity index (χ4v) is 3.45. The average Bonchev–Trinajstić information content (AvgIpc) is 2.55. The summed E-state index contributed by atoms with van der Waals surface area (Å²) in [6.07, 6.45) is 5.33. The topological polar surface area (TPSA) is 36.4 Å². The van der Waals surface area contributed by atoms with Crippen molar-refractivity contribution >= 4 is 16.8 Å². The van der Waals surface area contributed by atoms with Crippen LogP contribution in [0.4, 0.5) is 0 Å². The second-order valence-corrected chi connectivity index (χ2v) is 6.72. The number of likely N-dealkylation sites (tertiary alicyclic amines) is 1. The van der Waals surface area contributed by atoms with Crippen LogP contribution in [0.3, 0.4) is 0 Å². The summed E-state index contributed by atoms with van der Waals surface area (Å²) >= 11 is 0. The molecule has 2 heterocycles. The van der Waals surface area contributed by atoms with E-state index in [9.17, 15) is 4.79 Å². The number of carbonyl (C=O) groups excluding carboxylic acids is 1. The highest BCUT2D eigenvalue weighted by molar-refractivity contribution is 5.82. The molecule has 0 radical (unpaired) electrons. The lowest BCUT2D eigenvalue weighted by molar-refractivity contribution is -0.130. The number of aromatic nitrogens is 1. The number of pyridine rings is 1. The zero-order valence-corrected chi connectivity index (χ0v) is 14.0. The second-order valence-electron chi connectivity index (χ2n) is 6.72. The highest BCUT2D eigenvalue weighted by Gasteiger charge is 2.22. The summed E-state index contributed by atoms with van der Waals surface area (Å²) < 4.78 is 0. The zero-order valence-electron chi connectivity index (χ0n) is 14.0. The molecule has 2 aromatic rings. The van der Waals surface area contributed by atoms with Crippen molar-refractivity contribution in [2.24, 2.45) is 5.92 Å². The number of piperidine rings is 1. The van der Waals surface area contributed by atoms with Crippen LogP contribution in [0.15, 0.2) is 36.5 Å². The zero-order chi connectivity index (χ0) is 16.2. The molecule has 1 aliphatic heterocycles. The Kier molecular flexibility index (Phi) is 4.91. The van der Waals surface area contributed by atoms with Crippen molar-refractivity contribution in [2.45, 2.75) is 19.3 Å². The number of likely N-dealkylation sites (N-methyl/N-ethyl adjacent to an activating group) is 1. The Hall–Kier alpha value is -1.94. The number of fused-ring (bicyclic) bond motifs is 1. The third-order valence-corrected chi connectivity index (χ3v) is 4.71. The highest BCUT2D eigenvalue weighted by atomic mass is 16.2. The van der Waals surface area contributed by atoms with Crippen molar-refractivity contribution < 1.29 is 4.79 Å². The van der Waals surface area contributed by atoms with E-state index in [0.717, 1.165) is 25.0 Å². The Morgan fingerprint density at radius 1 is 1.30 bits per heavy atom. The predicted octanol–water partition coefficient (Wildman–Crippen LogP) is 2.58. The minimum absolute atomic E-state index is 0.194.